The Morgan fingerprint density at radius 3 is 2.62 bits per heavy atom. The van der Waals surface area contributed by atoms with E-state index in [9.17, 15) is 4.79 Å². The number of rotatable bonds is 3. The number of hydrogen-bond acceptors (Lipinski definition) is 5. The molecule has 6 nitrogen and oxygen atoms in total. The summed E-state index contributed by atoms with van der Waals surface area (Å²) in [6.07, 6.45) is 4.84. The van der Waals surface area contributed by atoms with Gasteiger partial charge in [-0.1, -0.05) is 18.2 Å². The van der Waals surface area contributed by atoms with E-state index in [1.807, 2.05) is 18.2 Å². The van der Waals surface area contributed by atoms with Crippen LogP contribution >= 0.6 is 0 Å². The summed E-state index contributed by atoms with van der Waals surface area (Å²) in [6, 6.07) is 12.1. The average molecular weight is 347 g/mol. The van der Waals surface area contributed by atoms with Crippen molar-refractivity contribution in [2.45, 2.75) is 19.8 Å². The number of nitrogens with zero attached hydrogens (tertiary/aromatic N) is 4. The number of carbonyl (C=O) groups excluding carboxylic acids is 1. The van der Waals surface area contributed by atoms with Crippen LogP contribution in [-0.2, 0) is 4.79 Å². The van der Waals surface area contributed by atoms with Crippen LogP contribution in [0.5, 0.6) is 0 Å². The van der Waals surface area contributed by atoms with Gasteiger partial charge in [0.15, 0.2) is 0 Å². The highest BCUT2D eigenvalue weighted by molar-refractivity contribution is 5.91. The van der Waals surface area contributed by atoms with Gasteiger partial charge in [0, 0.05) is 36.8 Å². The number of piperidine rings is 1. The van der Waals surface area contributed by atoms with E-state index in [2.05, 4.69) is 39.2 Å². The molecule has 3 heterocycles. The molecule has 1 fully saturated rings. The molecule has 0 atom stereocenters. The molecule has 0 aliphatic carbocycles. The van der Waals surface area contributed by atoms with Gasteiger partial charge in [-0.05, 0) is 43.5 Å². The number of para-hydroxylation sites is 1. The van der Waals surface area contributed by atoms with E-state index in [0.717, 1.165) is 37.3 Å². The van der Waals surface area contributed by atoms with Crippen LogP contribution in [-0.4, -0.2) is 33.9 Å². The van der Waals surface area contributed by atoms with Gasteiger partial charge in [-0.25, -0.2) is 15.0 Å². The molecule has 1 saturated heterocycles. The smallest absolute Gasteiger partial charge is 0.229 e. The zero-order chi connectivity index (χ0) is 17.9. The maximum Gasteiger partial charge on any atom is 0.229 e. The molecule has 4 rings (SSSR count). The Balaban J connectivity index is 1.43. The molecule has 0 bridgehead atoms. The van der Waals surface area contributed by atoms with Crippen molar-refractivity contribution < 1.29 is 4.79 Å². The van der Waals surface area contributed by atoms with E-state index in [4.69, 9.17) is 4.98 Å². The second-order valence-electron chi connectivity index (χ2n) is 6.64. The number of aryl methyl sites for hydroxylation is 1. The number of nitrogens with one attached hydrogen (secondary N) is 1. The molecule has 3 aromatic rings. The lowest BCUT2D eigenvalue weighted by Gasteiger charge is -2.32. The van der Waals surface area contributed by atoms with Crippen LogP contribution in [0, 0.1) is 12.8 Å². The zero-order valence-corrected chi connectivity index (χ0v) is 14.7. The molecule has 0 radical (unpaired) electrons. The summed E-state index contributed by atoms with van der Waals surface area (Å²) < 4.78 is 0. The Labute approximate surface area is 152 Å². The second kappa shape index (κ2) is 7.07. The molecule has 0 unspecified atom stereocenters. The first-order valence-electron chi connectivity index (χ1n) is 8.90. The average Bonchev–Trinajstić information content (AvgIpc) is 2.69. The molecular weight excluding hydrogens is 326 g/mol. The normalized spacial score (nSPS) is 15.2. The molecule has 26 heavy (non-hydrogen) atoms. The molecule has 1 aromatic carbocycles. The third kappa shape index (κ3) is 3.35. The maximum absolute atomic E-state index is 12.4. The van der Waals surface area contributed by atoms with Gasteiger partial charge >= 0.3 is 0 Å². The zero-order valence-electron chi connectivity index (χ0n) is 14.7. The first-order valence-corrected chi connectivity index (χ1v) is 8.90. The third-order valence-corrected chi connectivity index (χ3v) is 4.90. The van der Waals surface area contributed by atoms with Gasteiger partial charge in [-0.3, -0.25) is 10.1 Å². The number of pyridine rings is 1. The van der Waals surface area contributed by atoms with Crippen molar-refractivity contribution in [1.82, 2.24) is 15.0 Å². The van der Waals surface area contributed by atoms with Crippen molar-refractivity contribution in [2.75, 3.05) is 23.3 Å². The first kappa shape index (κ1) is 16.4. The van der Waals surface area contributed by atoms with Crippen molar-refractivity contribution in [3.8, 4) is 0 Å². The van der Waals surface area contributed by atoms with E-state index in [1.54, 1.807) is 18.5 Å². The van der Waals surface area contributed by atoms with Gasteiger partial charge in [0.25, 0.3) is 0 Å². The summed E-state index contributed by atoms with van der Waals surface area (Å²) in [7, 11) is 0. The molecule has 6 heteroatoms. The largest absolute Gasteiger partial charge is 0.357 e. The van der Waals surface area contributed by atoms with E-state index in [1.165, 1.54) is 10.9 Å². The quantitative estimate of drug-likeness (QED) is 0.788. The van der Waals surface area contributed by atoms with Crippen LogP contribution in [0.4, 0.5) is 11.8 Å². The highest BCUT2D eigenvalue weighted by atomic mass is 16.2. The van der Waals surface area contributed by atoms with Gasteiger partial charge in [-0.15, -0.1) is 0 Å². The first-order chi connectivity index (χ1) is 12.7. The maximum atomic E-state index is 12.4. The van der Waals surface area contributed by atoms with Crippen molar-refractivity contribution in [3.63, 3.8) is 0 Å². The molecule has 0 saturated carbocycles. The summed E-state index contributed by atoms with van der Waals surface area (Å²) in [5.41, 5.74) is 2.25. The molecule has 1 aliphatic heterocycles. The van der Waals surface area contributed by atoms with Gasteiger partial charge < -0.3 is 4.90 Å². The van der Waals surface area contributed by atoms with Crippen molar-refractivity contribution in [1.29, 1.82) is 0 Å². The molecule has 1 N–H and O–H groups in total. The Bertz CT molecular complexity index is 920. The van der Waals surface area contributed by atoms with Crippen molar-refractivity contribution >= 4 is 28.6 Å². The summed E-state index contributed by atoms with van der Waals surface area (Å²) in [4.78, 5) is 27.6. The lowest BCUT2D eigenvalue weighted by Crippen LogP contribution is -2.38. The van der Waals surface area contributed by atoms with Crippen LogP contribution in [0.2, 0.25) is 0 Å². The number of anilines is 2. The van der Waals surface area contributed by atoms with E-state index in [-0.39, 0.29) is 11.8 Å². The van der Waals surface area contributed by atoms with E-state index >= 15 is 0 Å². The minimum atomic E-state index is -0.0170. The Morgan fingerprint density at radius 1 is 1.12 bits per heavy atom. The molecule has 2 aromatic heterocycles. The lowest BCUT2D eigenvalue weighted by molar-refractivity contribution is -0.120. The second-order valence-corrected chi connectivity index (χ2v) is 6.64. The van der Waals surface area contributed by atoms with Crippen LogP contribution < -0.4 is 10.2 Å². The fourth-order valence-electron chi connectivity index (χ4n) is 3.44. The predicted molar refractivity (Wildman–Crippen MR) is 102 cm³/mol. The minimum absolute atomic E-state index is 0.00139. The molecule has 1 aliphatic rings. The van der Waals surface area contributed by atoms with Crippen molar-refractivity contribution in [2.24, 2.45) is 5.92 Å². The Hall–Kier alpha value is -3.02. The highest BCUT2D eigenvalue weighted by Gasteiger charge is 2.26. The number of carbonyl (C=O) groups is 1. The molecular formula is C20H21N5O. The number of amides is 1. The summed E-state index contributed by atoms with van der Waals surface area (Å²) >= 11 is 0. The van der Waals surface area contributed by atoms with Crippen LogP contribution in [0.3, 0.4) is 0 Å². The SMILES string of the molecule is Cc1cc(N2CCC(C(=O)Nc3ncccn3)CC2)nc2ccccc12. The topological polar surface area (TPSA) is 71.0 Å². The third-order valence-electron chi connectivity index (χ3n) is 4.90. The summed E-state index contributed by atoms with van der Waals surface area (Å²) in [6.45, 7) is 3.75. The van der Waals surface area contributed by atoms with Crippen LogP contribution in [0.15, 0.2) is 48.8 Å². The predicted octanol–water partition coefficient (Wildman–Crippen LogP) is 3.19. The molecule has 1 amide bonds. The standard InChI is InChI=1S/C20H21N5O/c1-14-13-18(23-17-6-3-2-5-16(14)17)25-11-7-15(8-12-25)19(26)24-20-21-9-4-10-22-20/h2-6,9-10,13,15H,7-8,11-12H2,1H3,(H,21,22,24,26). The minimum Gasteiger partial charge on any atom is -0.357 e. The monoisotopic (exact) mass is 347 g/mol. The fourth-order valence-corrected chi connectivity index (χ4v) is 3.44. The lowest BCUT2D eigenvalue weighted by atomic mass is 9.96. The number of aromatic nitrogens is 3. The molecule has 0 spiro atoms. The van der Waals surface area contributed by atoms with Crippen molar-refractivity contribution in [3.05, 3.63) is 54.4 Å². The van der Waals surface area contributed by atoms with E-state index < -0.39 is 0 Å². The summed E-state index contributed by atoms with van der Waals surface area (Å²) in [5.74, 6) is 1.34. The van der Waals surface area contributed by atoms with Gasteiger partial charge in [0.1, 0.15) is 5.82 Å². The van der Waals surface area contributed by atoms with Gasteiger partial charge in [0.2, 0.25) is 11.9 Å². The van der Waals surface area contributed by atoms with Crippen LogP contribution in [0.1, 0.15) is 18.4 Å². The Kier molecular flexibility index (Phi) is 4.48. The van der Waals surface area contributed by atoms with Gasteiger partial charge in [0.05, 0.1) is 5.52 Å². The highest BCUT2D eigenvalue weighted by Crippen LogP contribution is 2.26. The summed E-state index contributed by atoms with van der Waals surface area (Å²) in [5, 5.41) is 3.99. The van der Waals surface area contributed by atoms with Crippen LogP contribution in [0.25, 0.3) is 10.9 Å². The number of fused-ring (bicyclic) bond motifs is 1. The Morgan fingerprint density at radius 2 is 1.85 bits per heavy atom. The van der Waals surface area contributed by atoms with E-state index in [0.29, 0.717) is 5.95 Å². The fraction of sp³-hybridized carbons (Fsp3) is 0.300. The number of benzene rings is 1. The molecule has 132 valence electrons. The number of hydrogen-bond donors (Lipinski definition) is 1. The van der Waals surface area contributed by atoms with Gasteiger partial charge in [-0.2, -0.15) is 0 Å².